The van der Waals surface area contributed by atoms with Gasteiger partial charge in [-0.1, -0.05) is 49.3 Å². The maximum atomic E-state index is 11.7. The quantitative estimate of drug-likeness (QED) is 0.828. The predicted molar refractivity (Wildman–Crippen MR) is 79.4 cm³/mol. The van der Waals surface area contributed by atoms with Crippen molar-refractivity contribution in [1.82, 2.24) is 10.5 Å². The summed E-state index contributed by atoms with van der Waals surface area (Å²) in [5.41, 5.74) is 1.73. The second-order valence-corrected chi connectivity index (χ2v) is 5.17. The lowest BCUT2D eigenvalue weighted by molar-refractivity contribution is -0.144. The standard InChI is InChI=1S/C16H20N2O3/c1-11(2)15(16(19)20-3)17-10-13-9-14(21-18-13)12-7-5-4-6-8-12/h4-9,11,15,17H,10H2,1-3H3. The Morgan fingerprint density at radius 2 is 2.05 bits per heavy atom. The molecule has 1 aromatic heterocycles. The SMILES string of the molecule is COC(=O)C(NCc1cc(-c2ccccc2)on1)C(C)C. The van der Waals surface area contributed by atoms with Crippen LogP contribution in [0.3, 0.4) is 0 Å². The Morgan fingerprint density at radius 1 is 1.33 bits per heavy atom. The van der Waals surface area contributed by atoms with Crippen molar-refractivity contribution in [2.24, 2.45) is 5.92 Å². The normalized spacial score (nSPS) is 12.4. The molecule has 0 fully saturated rings. The fraction of sp³-hybridized carbons (Fsp3) is 0.375. The lowest BCUT2D eigenvalue weighted by Crippen LogP contribution is -2.41. The van der Waals surface area contributed by atoms with Crippen LogP contribution in [0.25, 0.3) is 11.3 Å². The number of hydrogen-bond donors (Lipinski definition) is 1. The molecule has 0 saturated carbocycles. The average Bonchev–Trinajstić information content (AvgIpc) is 2.96. The van der Waals surface area contributed by atoms with Crippen molar-refractivity contribution < 1.29 is 14.1 Å². The van der Waals surface area contributed by atoms with Crippen LogP contribution >= 0.6 is 0 Å². The third-order valence-electron chi connectivity index (χ3n) is 3.24. The fourth-order valence-corrected chi connectivity index (χ4v) is 2.07. The van der Waals surface area contributed by atoms with Crippen molar-refractivity contribution in [2.75, 3.05) is 7.11 Å². The molecule has 5 nitrogen and oxygen atoms in total. The van der Waals surface area contributed by atoms with E-state index >= 15 is 0 Å². The first-order valence-electron chi connectivity index (χ1n) is 6.94. The van der Waals surface area contributed by atoms with Gasteiger partial charge < -0.3 is 9.26 Å². The van der Waals surface area contributed by atoms with Crippen molar-refractivity contribution in [1.29, 1.82) is 0 Å². The van der Waals surface area contributed by atoms with Crippen molar-refractivity contribution in [2.45, 2.75) is 26.4 Å². The largest absolute Gasteiger partial charge is 0.468 e. The van der Waals surface area contributed by atoms with Gasteiger partial charge in [0, 0.05) is 18.2 Å². The third-order valence-corrected chi connectivity index (χ3v) is 3.24. The Labute approximate surface area is 124 Å². The molecular formula is C16H20N2O3. The minimum absolute atomic E-state index is 0.137. The molecule has 0 bridgehead atoms. The van der Waals surface area contributed by atoms with Gasteiger partial charge in [-0.25, -0.2) is 0 Å². The van der Waals surface area contributed by atoms with Gasteiger partial charge in [-0.3, -0.25) is 10.1 Å². The van der Waals surface area contributed by atoms with Crippen molar-refractivity contribution in [3.8, 4) is 11.3 Å². The van der Waals surface area contributed by atoms with Gasteiger partial charge in [-0.05, 0) is 5.92 Å². The number of nitrogens with one attached hydrogen (secondary N) is 1. The van der Waals surface area contributed by atoms with Crippen LogP contribution in [0, 0.1) is 5.92 Å². The number of carbonyl (C=O) groups is 1. The van der Waals surface area contributed by atoms with Gasteiger partial charge in [-0.2, -0.15) is 0 Å². The number of nitrogens with zero attached hydrogens (tertiary/aromatic N) is 1. The van der Waals surface area contributed by atoms with E-state index in [0.717, 1.165) is 11.3 Å². The van der Waals surface area contributed by atoms with Crippen molar-refractivity contribution >= 4 is 5.97 Å². The van der Waals surface area contributed by atoms with Crippen molar-refractivity contribution in [3.05, 3.63) is 42.1 Å². The highest BCUT2D eigenvalue weighted by atomic mass is 16.5. The fourth-order valence-electron chi connectivity index (χ4n) is 2.07. The molecule has 0 amide bonds. The van der Waals surface area contributed by atoms with E-state index < -0.39 is 0 Å². The molecule has 0 aliphatic heterocycles. The van der Waals surface area contributed by atoms with Gasteiger partial charge in [0.15, 0.2) is 5.76 Å². The summed E-state index contributed by atoms with van der Waals surface area (Å²) in [7, 11) is 1.39. The summed E-state index contributed by atoms with van der Waals surface area (Å²) in [4.78, 5) is 11.7. The Hall–Kier alpha value is -2.14. The van der Waals surface area contributed by atoms with Gasteiger partial charge >= 0.3 is 5.97 Å². The average molecular weight is 288 g/mol. The van der Waals surface area contributed by atoms with E-state index in [-0.39, 0.29) is 17.9 Å². The van der Waals surface area contributed by atoms with Crippen LogP contribution in [0.15, 0.2) is 40.9 Å². The van der Waals surface area contributed by atoms with E-state index in [1.54, 1.807) is 0 Å². The number of esters is 1. The molecule has 1 atom stereocenters. The minimum Gasteiger partial charge on any atom is -0.468 e. The Morgan fingerprint density at radius 3 is 2.67 bits per heavy atom. The van der Waals surface area contributed by atoms with E-state index in [2.05, 4.69) is 10.5 Å². The number of rotatable bonds is 6. The molecule has 1 heterocycles. The minimum atomic E-state index is -0.355. The van der Waals surface area contributed by atoms with E-state index in [4.69, 9.17) is 9.26 Å². The molecule has 0 spiro atoms. The van der Waals surface area contributed by atoms with E-state index in [1.807, 2.05) is 50.2 Å². The lowest BCUT2D eigenvalue weighted by atomic mass is 10.0. The second-order valence-electron chi connectivity index (χ2n) is 5.17. The molecule has 112 valence electrons. The van der Waals surface area contributed by atoms with Crippen LogP contribution in [0.2, 0.25) is 0 Å². The summed E-state index contributed by atoms with van der Waals surface area (Å²) >= 11 is 0. The summed E-state index contributed by atoms with van der Waals surface area (Å²) in [6.45, 7) is 4.38. The second kappa shape index (κ2) is 7.04. The van der Waals surface area contributed by atoms with Crippen LogP contribution in [-0.4, -0.2) is 24.3 Å². The molecule has 5 heteroatoms. The maximum absolute atomic E-state index is 11.7. The summed E-state index contributed by atoms with van der Waals surface area (Å²) in [6.07, 6.45) is 0. The van der Waals surface area contributed by atoms with Gasteiger partial charge in [0.25, 0.3) is 0 Å². The smallest absolute Gasteiger partial charge is 0.323 e. The van der Waals surface area contributed by atoms with E-state index in [9.17, 15) is 4.79 Å². The zero-order valence-electron chi connectivity index (χ0n) is 12.5. The summed E-state index contributed by atoms with van der Waals surface area (Å²) in [5, 5.41) is 7.17. The first-order chi connectivity index (χ1) is 10.1. The van der Waals surface area contributed by atoms with Gasteiger partial charge in [0.05, 0.1) is 12.8 Å². The number of carbonyl (C=O) groups excluding carboxylic acids is 1. The number of aromatic nitrogens is 1. The molecule has 21 heavy (non-hydrogen) atoms. The van der Waals surface area contributed by atoms with Crippen LogP contribution in [0.5, 0.6) is 0 Å². The molecule has 0 aliphatic rings. The van der Waals surface area contributed by atoms with Gasteiger partial charge in [0.1, 0.15) is 6.04 Å². The van der Waals surface area contributed by atoms with E-state index in [1.165, 1.54) is 7.11 Å². The number of benzene rings is 1. The topological polar surface area (TPSA) is 64.4 Å². The Bertz CT molecular complexity index is 578. The zero-order valence-corrected chi connectivity index (χ0v) is 12.5. The number of hydrogen-bond acceptors (Lipinski definition) is 5. The monoisotopic (exact) mass is 288 g/mol. The van der Waals surface area contributed by atoms with Crippen LogP contribution < -0.4 is 5.32 Å². The Kier molecular flexibility index (Phi) is 5.11. The first kappa shape index (κ1) is 15.3. The molecule has 0 saturated heterocycles. The molecule has 2 aromatic rings. The highest BCUT2D eigenvalue weighted by Crippen LogP contribution is 2.19. The molecule has 1 aromatic carbocycles. The first-order valence-corrected chi connectivity index (χ1v) is 6.94. The molecule has 0 aliphatic carbocycles. The molecule has 2 rings (SSSR count). The number of methoxy groups -OCH3 is 1. The molecular weight excluding hydrogens is 268 g/mol. The third kappa shape index (κ3) is 3.92. The van der Waals surface area contributed by atoms with E-state index in [0.29, 0.717) is 12.3 Å². The van der Waals surface area contributed by atoms with Crippen LogP contribution in [0.1, 0.15) is 19.5 Å². The molecule has 1 N–H and O–H groups in total. The summed E-state index contributed by atoms with van der Waals surface area (Å²) in [5.74, 6) is 0.585. The molecule has 1 unspecified atom stereocenters. The zero-order chi connectivity index (χ0) is 15.2. The lowest BCUT2D eigenvalue weighted by Gasteiger charge is -2.18. The summed E-state index contributed by atoms with van der Waals surface area (Å²) in [6, 6.07) is 11.3. The van der Waals surface area contributed by atoms with Crippen molar-refractivity contribution in [3.63, 3.8) is 0 Å². The molecule has 0 radical (unpaired) electrons. The van der Waals surface area contributed by atoms with Crippen LogP contribution in [-0.2, 0) is 16.1 Å². The van der Waals surface area contributed by atoms with Gasteiger partial charge in [0.2, 0.25) is 0 Å². The highest BCUT2D eigenvalue weighted by Gasteiger charge is 2.22. The maximum Gasteiger partial charge on any atom is 0.323 e. The van der Waals surface area contributed by atoms with Crippen LogP contribution in [0.4, 0.5) is 0 Å². The highest BCUT2D eigenvalue weighted by molar-refractivity contribution is 5.75. The predicted octanol–water partition coefficient (Wildman–Crippen LogP) is 2.63. The summed E-state index contributed by atoms with van der Waals surface area (Å²) < 4.78 is 10.1. The number of ether oxygens (including phenoxy) is 1. The van der Waals surface area contributed by atoms with Gasteiger partial charge in [-0.15, -0.1) is 0 Å². The Balaban J connectivity index is 2.01.